The van der Waals surface area contributed by atoms with Gasteiger partial charge in [-0.3, -0.25) is 4.57 Å². The largest absolute Gasteiger partial charge is 0.348 e. The number of ether oxygens (including phenoxy) is 3. The first-order valence-electron chi connectivity index (χ1n) is 9.14. The third-order valence-corrected chi connectivity index (χ3v) is 6.37. The van der Waals surface area contributed by atoms with Crippen LogP contribution in [0.15, 0.2) is 41.8 Å². The van der Waals surface area contributed by atoms with Crippen molar-refractivity contribution in [2.45, 2.75) is 49.1 Å². The van der Waals surface area contributed by atoms with E-state index in [2.05, 4.69) is 15.0 Å². The van der Waals surface area contributed by atoms with Crippen molar-refractivity contribution in [1.82, 2.24) is 19.5 Å². The quantitative estimate of drug-likeness (QED) is 0.454. The van der Waals surface area contributed by atoms with Crippen molar-refractivity contribution >= 4 is 34.5 Å². The number of halogens is 2. The highest BCUT2D eigenvalue weighted by atomic mass is 35.5. The smallest absolute Gasteiger partial charge is 0.167 e. The van der Waals surface area contributed by atoms with Crippen LogP contribution in [0.3, 0.4) is 0 Å². The van der Waals surface area contributed by atoms with Gasteiger partial charge in [0.25, 0.3) is 0 Å². The maximum Gasteiger partial charge on any atom is 0.167 e. The van der Waals surface area contributed by atoms with Gasteiger partial charge >= 0.3 is 0 Å². The van der Waals surface area contributed by atoms with E-state index in [1.165, 1.54) is 24.2 Å². The molecule has 0 radical (unpaired) electrons. The minimum absolute atomic E-state index is 0.250. The van der Waals surface area contributed by atoms with Crippen LogP contribution in [0.4, 0.5) is 4.39 Å². The van der Waals surface area contributed by atoms with E-state index in [0.717, 1.165) is 0 Å². The molecule has 1 aromatic carbocycles. The highest BCUT2D eigenvalue weighted by Crippen LogP contribution is 2.45. The fraction of sp³-hybridized carbons (Fsp3) is 0.421. The van der Waals surface area contributed by atoms with Crippen molar-refractivity contribution in [3.05, 3.63) is 47.9 Å². The molecule has 7 nitrogen and oxygen atoms in total. The molecule has 2 aliphatic heterocycles. The molecule has 2 aromatic heterocycles. The summed E-state index contributed by atoms with van der Waals surface area (Å²) in [6.45, 7) is 3.74. The van der Waals surface area contributed by atoms with Crippen molar-refractivity contribution in [3.8, 4) is 0 Å². The second kappa shape index (κ2) is 7.17. The highest BCUT2D eigenvalue weighted by molar-refractivity contribution is 7.99. The van der Waals surface area contributed by atoms with E-state index in [1.807, 2.05) is 19.9 Å². The van der Waals surface area contributed by atoms with Crippen molar-refractivity contribution in [2.75, 3.05) is 5.75 Å². The third-order valence-electron chi connectivity index (χ3n) is 4.95. The lowest BCUT2D eigenvalue weighted by molar-refractivity contribution is -0.193. The fourth-order valence-electron chi connectivity index (χ4n) is 3.76. The lowest BCUT2D eigenvalue weighted by atomic mass is 10.1. The van der Waals surface area contributed by atoms with E-state index in [-0.39, 0.29) is 29.3 Å². The summed E-state index contributed by atoms with van der Waals surface area (Å²) in [4.78, 5) is 13.2. The Morgan fingerprint density at radius 3 is 2.79 bits per heavy atom. The molecule has 2 fully saturated rings. The molecule has 5 rings (SSSR count). The number of nitrogens with zero attached hydrogens (tertiary/aromatic N) is 4. The lowest BCUT2D eigenvalue weighted by Gasteiger charge is -2.24. The summed E-state index contributed by atoms with van der Waals surface area (Å²) < 4.78 is 34.4. The summed E-state index contributed by atoms with van der Waals surface area (Å²) in [6.07, 6.45) is 1.55. The zero-order valence-electron chi connectivity index (χ0n) is 15.7. The molecule has 4 heterocycles. The average molecular weight is 437 g/mol. The first-order valence-corrected chi connectivity index (χ1v) is 10.5. The third kappa shape index (κ3) is 3.40. The Balaban J connectivity index is 1.44. The van der Waals surface area contributed by atoms with Crippen LogP contribution in [0.5, 0.6) is 0 Å². The van der Waals surface area contributed by atoms with Crippen LogP contribution in [0.25, 0.3) is 11.2 Å². The van der Waals surface area contributed by atoms with Crippen LogP contribution in [0.1, 0.15) is 20.1 Å². The molecular formula is C19H18ClFN4O3S. The first kappa shape index (κ1) is 19.2. The summed E-state index contributed by atoms with van der Waals surface area (Å²) in [7, 11) is 0. The molecule has 1 unspecified atom stereocenters. The van der Waals surface area contributed by atoms with Crippen LogP contribution < -0.4 is 0 Å². The van der Waals surface area contributed by atoms with E-state index in [1.54, 1.807) is 23.0 Å². The van der Waals surface area contributed by atoms with Gasteiger partial charge in [0.2, 0.25) is 0 Å². The molecule has 0 aliphatic carbocycles. The zero-order chi connectivity index (χ0) is 20.2. The Kier molecular flexibility index (Phi) is 4.75. The van der Waals surface area contributed by atoms with Crippen LogP contribution in [-0.4, -0.2) is 49.4 Å². The van der Waals surface area contributed by atoms with Crippen LogP contribution in [0, 0.1) is 5.82 Å². The predicted octanol–water partition coefficient (Wildman–Crippen LogP) is 3.83. The number of hydrogen-bond donors (Lipinski definition) is 0. The number of thioether (sulfide) groups is 1. The fourth-order valence-corrected chi connectivity index (χ4v) is 4.93. The first-order chi connectivity index (χ1) is 13.9. The zero-order valence-corrected chi connectivity index (χ0v) is 17.2. The molecule has 4 atom stereocenters. The molecule has 0 N–H and O–H groups in total. The Morgan fingerprint density at radius 2 is 1.97 bits per heavy atom. The molecule has 10 heteroatoms. The lowest BCUT2D eigenvalue weighted by Crippen LogP contribution is -2.31. The number of benzene rings is 1. The van der Waals surface area contributed by atoms with Gasteiger partial charge in [-0.2, -0.15) is 0 Å². The van der Waals surface area contributed by atoms with Gasteiger partial charge in [-0.25, -0.2) is 19.3 Å². The Hall–Kier alpha value is -1.78. The Bertz CT molecular complexity index is 1060. The molecule has 2 aliphatic rings. The van der Waals surface area contributed by atoms with Gasteiger partial charge in [0, 0.05) is 10.6 Å². The van der Waals surface area contributed by atoms with Gasteiger partial charge < -0.3 is 14.2 Å². The van der Waals surface area contributed by atoms with E-state index in [0.29, 0.717) is 21.8 Å². The molecule has 0 spiro atoms. The monoisotopic (exact) mass is 436 g/mol. The molecule has 0 bridgehead atoms. The Morgan fingerprint density at radius 1 is 1.17 bits per heavy atom. The minimum atomic E-state index is -0.749. The van der Waals surface area contributed by atoms with Gasteiger partial charge in [0.15, 0.2) is 22.8 Å². The summed E-state index contributed by atoms with van der Waals surface area (Å²) in [6, 6.07) is 6.68. The number of aromatic nitrogens is 4. The predicted molar refractivity (Wildman–Crippen MR) is 105 cm³/mol. The summed E-state index contributed by atoms with van der Waals surface area (Å²) >= 11 is 7.52. The minimum Gasteiger partial charge on any atom is -0.348 e. The van der Waals surface area contributed by atoms with Gasteiger partial charge in [-0.15, -0.1) is 11.8 Å². The molecule has 0 saturated carbocycles. The van der Waals surface area contributed by atoms with Crippen molar-refractivity contribution in [1.29, 1.82) is 0 Å². The summed E-state index contributed by atoms with van der Waals surface area (Å²) in [5, 5.41) is 0.277. The SMILES string of the molecule is CC1(C)OC2[C@@H](O1)[C@H](n1cnc3c(Cl)ncnc31)O[C@@H]2CSc1ccccc1F. The van der Waals surface area contributed by atoms with E-state index in [9.17, 15) is 4.39 Å². The van der Waals surface area contributed by atoms with E-state index >= 15 is 0 Å². The Labute approximate surface area is 175 Å². The molecule has 2 saturated heterocycles. The molecular weight excluding hydrogens is 419 g/mol. The van der Waals surface area contributed by atoms with Crippen molar-refractivity contribution in [2.24, 2.45) is 0 Å². The highest BCUT2D eigenvalue weighted by Gasteiger charge is 2.56. The van der Waals surface area contributed by atoms with Gasteiger partial charge in [0.1, 0.15) is 29.9 Å². The van der Waals surface area contributed by atoms with Crippen molar-refractivity contribution in [3.63, 3.8) is 0 Å². The maximum absolute atomic E-state index is 14.0. The molecule has 152 valence electrons. The number of rotatable bonds is 4. The number of imidazole rings is 1. The van der Waals surface area contributed by atoms with Crippen LogP contribution in [0.2, 0.25) is 5.15 Å². The number of hydrogen-bond acceptors (Lipinski definition) is 7. The topological polar surface area (TPSA) is 71.3 Å². The molecule has 3 aromatic rings. The molecule has 29 heavy (non-hydrogen) atoms. The number of fused-ring (bicyclic) bond motifs is 2. The average Bonchev–Trinajstić information content (AvgIpc) is 3.33. The second-order valence-electron chi connectivity index (χ2n) is 7.36. The van der Waals surface area contributed by atoms with E-state index < -0.39 is 12.0 Å². The second-order valence-corrected chi connectivity index (χ2v) is 8.78. The van der Waals surface area contributed by atoms with Gasteiger partial charge in [0.05, 0.1) is 12.4 Å². The summed E-state index contributed by atoms with van der Waals surface area (Å²) in [5.74, 6) is -0.485. The summed E-state index contributed by atoms with van der Waals surface area (Å²) in [5.41, 5.74) is 1.06. The normalized spacial score (nSPS) is 28.1. The van der Waals surface area contributed by atoms with E-state index in [4.69, 9.17) is 25.8 Å². The molecule has 0 amide bonds. The van der Waals surface area contributed by atoms with Crippen LogP contribution >= 0.6 is 23.4 Å². The van der Waals surface area contributed by atoms with Gasteiger partial charge in [-0.05, 0) is 26.0 Å². The van der Waals surface area contributed by atoms with Crippen LogP contribution in [-0.2, 0) is 14.2 Å². The van der Waals surface area contributed by atoms with Gasteiger partial charge in [-0.1, -0.05) is 23.7 Å². The standard InChI is InChI=1S/C19H18ClFN4O3S/c1-19(2)27-14-11(7-29-12-6-4-3-5-10(12)21)26-18(15(14)28-19)25-9-24-13-16(20)22-8-23-17(13)25/h3-6,8-9,11,14-15,18H,7H2,1-2H3/t11-,14?,15-,18-/m1/s1. The maximum atomic E-state index is 14.0. The van der Waals surface area contributed by atoms with Crippen molar-refractivity contribution < 1.29 is 18.6 Å².